The molecule has 284 valence electrons. The number of H-pyrrole nitrogens is 2. The summed E-state index contributed by atoms with van der Waals surface area (Å²) in [6.07, 6.45) is 0. The molecule has 11 nitrogen and oxygen atoms in total. The molecule has 0 saturated heterocycles. The molecule has 0 fully saturated rings. The summed E-state index contributed by atoms with van der Waals surface area (Å²) in [6, 6.07) is 26.5. The number of aromatic amines is 2. The summed E-state index contributed by atoms with van der Waals surface area (Å²) in [5.41, 5.74) is 3.77. The summed E-state index contributed by atoms with van der Waals surface area (Å²) in [7, 11) is 41.5. The van der Waals surface area contributed by atoms with Crippen LogP contribution in [0.1, 0.15) is 0 Å². The third-order valence-electron chi connectivity index (χ3n) is 8.18. The molecule has 0 spiro atoms. The van der Waals surface area contributed by atoms with Crippen molar-refractivity contribution in [3.8, 4) is 51.3 Å². The Morgan fingerprint density at radius 3 is 1.24 bits per heavy atom. The van der Waals surface area contributed by atoms with Crippen LogP contribution < -0.4 is 4.18 Å². The third kappa shape index (κ3) is 6.12. The van der Waals surface area contributed by atoms with Gasteiger partial charge in [0.15, 0.2) is 0 Å². The van der Waals surface area contributed by atoms with Crippen molar-refractivity contribution in [2.45, 2.75) is 0 Å². The molecule has 54 heavy (non-hydrogen) atoms. The number of aromatic nitrogens is 8. The fourth-order valence-electron chi connectivity index (χ4n) is 5.90. The van der Waals surface area contributed by atoms with Gasteiger partial charge in [-0.2, -0.15) is 0 Å². The Morgan fingerprint density at radius 1 is 0.463 bits per heavy atom. The summed E-state index contributed by atoms with van der Waals surface area (Å²) in [5.74, 6) is 0.591. The van der Waals surface area contributed by atoms with E-state index in [1.165, 1.54) is 12.1 Å². The molecule has 9 rings (SSSR count). The van der Waals surface area contributed by atoms with E-state index < -0.39 is 13.4 Å². The summed E-state index contributed by atoms with van der Waals surface area (Å²) in [5, 5.41) is 1.82. The van der Waals surface area contributed by atoms with Crippen LogP contribution in [0.4, 0.5) is 0 Å². The second-order valence-corrected chi connectivity index (χ2v) is 71.2. The molecule has 0 amide bonds. The van der Waals surface area contributed by atoms with Crippen molar-refractivity contribution in [2.24, 2.45) is 0 Å². The Labute approximate surface area is 341 Å². The first-order chi connectivity index (χ1) is 24.2. The van der Waals surface area contributed by atoms with Crippen LogP contribution in [0, 0.1) is 0 Å². The van der Waals surface area contributed by atoms with Gasteiger partial charge in [0, 0.05) is 22.5 Å². The van der Waals surface area contributed by atoms with Crippen molar-refractivity contribution >= 4 is 133 Å². The summed E-state index contributed by atoms with van der Waals surface area (Å²) in [6.45, 7) is 0. The number of halogens is 8. The van der Waals surface area contributed by atoms with Crippen LogP contribution in [-0.4, -0.2) is 48.3 Å². The number of nitrogens with zero attached hydrogens (tertiary/aromatic N) is 6. The number of hydrogen-bond acceptors (Lipinski definition) is 9. The average molecular weight is 997 g/mol. The Morgan fingerprint density at radius 2 is 0.815 bits per heavy atom. The molecule has 22 heteroatoms. The number of hydrogen-bond donors (Lipinski definition) is 2. The topological polar surface area (TPSA) is 152 Å². The summed E-state index contributed by atoms with van der Waals surface area (Å²) in [4.78, 5) is 35.6. The first-order valence-electron chi connectivity index (χ1n) is 14.6. The predicted molar refractivity (Wildman–Crippen MR) is 212 cm³/mol. The van der Waals surface area contributed by atoms with Crippen molar-refractivity contribution in [2.75, 3.05) is 0 Å². The van der Waals surface area contributed by atoms with E-state index in [9.17, 15) is 8.42 Å². The quantitative estimate of drug-likeness (QED) is 0.165. The zero-order valence-corrected chi connectivity index (χ0v) is 35.1. The van der Waals surface area contributed by atoms with E-state index in [-0.39, 0.29) is 50.8 Å². The van der Waals surface area contributed by atoms with Crippen molar-refractivity contribution in [1.29, 1.82) is 0 Å². The van der Waals surface area contributed by atoms with Crippen molar-refractivity contribution in [3.05, 3.63) is 91.0 Å². The van der Waals surface area contributed by atoms with Gasteiger partial charge >= 0.3 is 298 Å². The molecule has 0 saturated carbocycles. The molecule has 3 aromatic heterocycles. The van der Waals surface area contributed by atoms with Crippen LogP contribution in [0.15, 0.2) is 91.0 Å². The molecular weight excluding hydrogens is 979 g/mol. The van der Waals surface area contributed by atoms with Crippen molar-refractivity contribution in [1.82, 2.24) is 39.9 Å². The second kappa shape index (κ2) is 9.38. The van der Waals surface area contributed by atoms with Gasteiger partial charge in [0.2, 0.25) is 0 Å². The third-order valence-corrected chi connectivity index (χ3v) is 25.2. The van der Waals surface area contributed by atoms with Crippen LogP contribution in [0.3, 0.4) is 0 Å². The van der Waals surface area contributed by atoms with Crippen LogP contribution in [0.5, 0.6) is 5.75 Å². The minimum Gasteiger partial charge on any atom is 0 e. The molecule has 4 aromatic carbocycles. The monoisotopic (exact) mass is 992 g/mol. The fraction of sp³-hybridized carbons (Fsp3) is 0. The van der Waals surface area contributed by atoms with Gasteiger partial charge in [-0.05, 0) is 0 Å². The van der Waals surface area contributed by atoms with Crippen molar-refractivity contribution < 1.29 is 28.8 Å². The first-order valence-corrected chi connectivity index (χ1v) is 27.4. The molecule has 2 N–H and O–H groups in total. The summed E-state index contributed by atoms with van der Waals surface area (Å²) >= 11 is 0. The van der Waals surface area contributed by atoms with E-state index in [2.05, 4.69) is 9.97 Å². The van der Waals surface area contributed by atoms with Gasteiger partial charge in [0.1, 0.15) is 0 Å². The molecule has 0 radical (unpaired) electrons. The van der Waals surface area contributed by atoms with Gasteiger partial charge in [-0.15, -0.1) is 0 Å². The van der Waals surface area contributed by atoms with E-state index in [0.717, 1.165) is 10.8 Å². The minimum atomic E-state index is -9.77. The van der Waals surface area contributed by atoms with Crippen molar-refractivity contribution in [3.63, 3.8) is 0 Å². The van der Waals surface area contributed by atoms with E-state index >= 15 is 0 Å². The van der Waals surface area contributed by atoms with E-state index in [4.69, 9.17) is 115 Å². The molecule has 5 heterocycles. The molecule has 2 aliphatic heterocycles. The number of benzene rings is 4. The van der Waals surface area contributed by atoms with Crippen LogP contribution in [-0.2, 0) is 24.8 Å². The Hall–Kier alpha value is -2.65. The van der Waals surface area contributed by atoms with Crippen LogP contribution in [0.2, 0.25) is 0 Å². The van der Waals surface area contributed by atoms with Gasteiger partial charge in [-0.1, -0.05) is 24.3 Å². The van der Waals surface area contributed by atoms with Gasteiger partial charge < -0.3 is 0 Å². The zero-order valence-electron chi connectivity index (χ0n) is 26.2. The van der Waals surface area contributed by atoms with E-state index in [1.54, 1.807) is 18.2 Å². The molecule has 0 aliphatic carbocycles. The van der Waals surface area contributed by atoms with Crippen LogP contribution in [0.25, 0.3) is 89.7 Å². The van der Waals surface area contributed by atoms with E-state index in [1.807, 2.05) is 60.7 Å². The van der Waals surface area contributed by atoms with Crippen LogP contribution >= 0.6 is 80.8 Å². The Kier molecular flexibility index (Phi) is 6.64. The molecule has 2 aliphatic rings. The maximum absolute atomic E-state index is 13.9. The standard InChI is InChI=1S/C32H17N8O3S.8ClH.Cu.Fe/c41-44(42)43-23-15-7-14-22-24(23)32-39-30-21-13-6-5-12-20(21)28(37-30)35-26-17-9-2-1-8-16(17)25(33-26)34-27-18-10-3-4-11-19(18)29(36-27)38-31(22)40-32;;;;;;;;;;/h1-15H,(H2,33,34,35,36,37,38,39,40);8*1H;;/q;;;;;;;;;+8;/p-8. The maximum Gasteiger partial charge on any atom is 0 e. The number of nitrogens with one attached hydrogen (secondary N) is 2. The minimum absolute atomic E-state index is 0. The first kappa shape index (κ1) is 38.2. The maximum atomic E-state index is 13.9. The largest absolute Gasteiger partial charge is 0 e. The average Bonchev–Trinajstić information content (AvgIpc) is 3.79. The predicted octanol–water partition coefficient (Wildman–Crippen LogP) is 11.6. The Balaban J connectivity index is 0.00000413. The number of fused-ring (bicyclic) bond motifs is 20. The van der Waals surface area contributed by atoms with E-state index in [0.29, 0.717) is 45.2 Å². The number of rotatable bonds is 3. The second-order valence-electron chi connectivity index (χ2n) is 11.9. The summed E-state index contributed by atoms with van der Waals surface area (Å²) < 4.78 is 23.3. The normalized spacial score (nSPS) is 16.6. The fourth-order valence-corrected chi connectivity index (χ4v) is 9.24. The Bertz CT molecular complexity index is 3220. The zero-order chi connectivity index (χ0) is 37.6. The van der Waals surface area contributed by atoms with Gasteiger partial charge in [0.25, 0.3) is 0 Å². The smallest absolute Gasteiger partial charge is 0 e. The molecule has 0 unspecified atom stereocenters. The van der Waals surface area contributed by atoms with Gasteiger partial charge in [0.05, 0.1) is 0 Å². The molecule has 7 aromatic rings. The molecule has 8 bridgehead atoms. The van der Waals surface area contributed by atoms with Gasteiger partial charge in [-0.3, -0.25) is 0 Å². The molecular formula is C32H17Cl8CuFeN8O3S. The van der Waals surface area contributed by atoms with Gasteiger partial charge in [-0.25, -0.2) is 0 Å². The SMILES string of the molecule is O=[S](=O)(Oc1cccc2c3nc4nc(nc5[nH]c(nc6nc(nc([nH]3)c12)-c1ccccc1-6)c1ccccc51)-c1ccccc1-4)[Cu]([Cl])([Cl])([Cl])([Cl])([Cl])([Cl])([Cl])[Cl].[Fe]. The molecule has 0 atom stereocenters.